The third kappa shape index (κ3) is 2.29. The standard InChI is InChI=1S/C11H16O2/c1-11(2,8-13)10-5-3-4-9(6-10)7-12/h3-6,12-13H,7-8H2,1-2H3. The van der Waals surface area contributed by atoms with Crippen molar-refractivity contribution in [1.82, 2.24) is 0 Å². The molecule has 2 N–H and O–H groups in total. The molecular weight excluding hydrogens is 164 g/mol. The number of aliphatic hydroxyl groups excluding tert-OH is 2. The van der Waals surface area contributed by atoms with Crippen LogP contribution in [0, 0.1) is 0 Å². The summed E-state index contributed by atoms with van der Waals surface area (Å²) in [5, 5.41) is 18.1. The van der Waals surface area contributed by atoms with Gasteiger partial charge in [-0.3, -0.25) is 0 Å². The molecule has 0 fully saturated rings. The van der Waals surface area contributed by atoms with Gasteiger partial charge in [0.25, 0.3) is 0 Å². The fourth-order valence-corrected chi connectivity index (χ4v) is 1.18. The van der Waals surface area contributed by atoms with Gasteiger partial charge in [0, 0.05) is 5.41 Å². The van der Waals surface area contributed by atoms with Crippen LogP contribution in [-0.2, 0) is 12.0 Å². The lowest BCUT2D eigenvalue weighted by atomic mass is 9.85. The molecule has 0 saturated carbocycles. The van der Waals surface area contributed by atoms with E-state index in [9.17, 15) is 0 Å². The van der Waals surface area contributed by atoms with Crippen molar-refractivity contribution < 1.29 is 10.2 Å². The molecule has 2 heteroatoms. The maximum Gasteiger partial charge on any atom is 0.0681 e. The first-order chi connectivity index (χ1) is 6.10. The molecule has 1 rings (SSSR count). The van der Waals surface area contributed by atoms with Crippen LogP contribution in [-0.4, -0.2) is 16.8 Å². The molecule has 0 amide bonds. The summed E-state index contributed by atoms with van der Waals surface area (Å²) < 4.78 is 0. The Balaban J connectivity index is 3.01. The minimum atomic E-state index is -0.231. The van der Waals surface area contributed by atoms with Crippen molar-refractivity contribution >= 4 is 0 Å². The van der Waals surface area contributed by atoms with E-state index in [4.69, 9.17) is 10.2 Å². The number of benzene rings is 1. The molecule has 1 aromatic rings. The third-order valence-electron chi connectivity index (χ3n) is 2.29. The summed E-state index contributed by atoms with van der Waals surface area (Å²) in [6.45, 7) is 4.12. The molecule has 0 saturated heterocycles. The first-order valence-electron chi connectivity index (χ1n) is 4.41. The van der Waals surface area contributed by atoms with Crippen molar-refractivity contribution in [3.63, 3.8) is 0 Å². The monoisotopic (exact) mass is 180 g/mol. The third-order valence-corrected chi connectivity index (χ3v) is 2.29. The molecule has 1 aromatic carbocycles. The van der Waals surface area contributed by atoms with Gasteiger partial charge in [0.2, 0.25) is 0 Å². The van der Waals surface area contributed by atoms with Crippen molar-refractivity contribution in [2.45, 2.75) is 25.9 Å². The van der Waals surface area contributed by atoms with Crippen molar-refractivity contribution in [2.24, 2.45) is 0 Å². The summed E-state index contributed by atoms with van der Waals surface area (Å²) in [6, 6.07) is 7.67. The maximum absolute atomic E-state index is 9.15. The summed E-state index contributed by atoms with van der Waals surface area (Å²) in [5.41, 5.74) is 1.71. The van der Waals surface area contributed by atoms with E-state index >= 15 is 0 Å². The van der Waals surface area contributed by atoms with Crippen LogP contribution in [0.1, 0.15) is 25.0 Å². The van der Waals surface area contributed by atoms with Gasteiger partial charge in [-0.25, -0.2) is 0 Å². The fraction of sp³-hybridized carbons (Fsp3) is 0.455. The van der Waals surface area contributed by atoms with Gasteiger partial charge in [-0.15, -0.1) is 0 Å². The quantitative estimate of drug-likeness (QED) is 0.739. The molecule has 2 nitrogen and oxygen atoms in total. The summed E-state index contributed by atoms with van der Waals surface area (Å²) in [5.74, 6) is 0. The zero-order chi connectivity index (χ0) is 9.90. The first kappa shape index (κ1) is 10.2. The van der Waals surface area contributed by atoms with Gasteiger partial charge in [0.1, 0.15) is 0 Å². The number of rotatable bonds is 3. The van der Waals surface area contributed by atoms with Gasteiger partial charge < -0.3 is 10.2 Å². The predicted molar refractivity (Wildman–Crippen MR) is 52.5 cm³/mol. The van der Waals surface area contributed by atoms with Gasteiger partial charge in [0.05, 0.1) is 13.2 Å². The summed E-state index contributed by atoms with van der Waals surface area (Å²) in [4.78, 5) is 0. The van der Waals surface area contributed by atoms with Crippen LogP contribution in [0.15, 0.2) is 24.3 Å². The van der Waals surface area contributed by atoms with Crippen LogP contribution in [0.25, 0.3) is 0 Å². The molecule has 0 aliphatic heterocycles. The molecule has 0 spiro atoms. The van der Waals surface area contributed by atoms with E-state index in [1.165, 1.54) is 0 Å². The zero-order valence-corrected chi connectivity index (χ0v) is 8.12. The lowest BCUT2D eigenvalue weighted by Gasteiger charge is -2.22. The van der Waals surface area contributed by atoms with Crippen LogP contribution >= 0.6 is 0 Å². The molecule has 0 radical (unpaired) electrons. The van der Waals surface area contributed by atoms with E-state index in [0.29, 0.717) is 0 Å². The summed E-state index contributed by atoms with van der Waals surface area (Å²) >= 11 is 0. The molecule has 0 aliphatic rings. The number of hydrogen-bond acceptors (Lipinski definition) is 2. The Hall–Kier alpha value is -0.860. The highest BCUT2D eigenvalue weighted by atomic mass is 16.3. The maximum atomic E-state index is 9.15. The predicted octanol–water partition coefficient (Wildman–Crippen LogP) is 1.45. The van der Waals surface area contributed by atoms with Crippen LogP contribution in [0.4, 0.5) is 0 Å². The largest absolute Gasteiger partial charge is 0.395 e. The molecule has 72 valence electrons. The molecule has 0 bridgehead atoms. The van der Waals surface area contributed by atoms with Crippen LogP contribution in [0.5, 0.6) is 0 Å². The highest BCUT2D eigenvalue weighted by molar-refractivity contribution is 5.28. The smallest absolute Gasteiger partial charge is 0.0681 e. The highest BCUT2D eigenvalue weighted by Crippen LogP contribution is 2.22. The second-order valence-electron chi connectivity index (χ2n) is 3.90. The van der Waals surface area contributed by atoms with Crippen molar-refractivity contribution in [2.75, 3.05) is 6.61 Å². The van der Waals surface area contributed by atoms with Crippen LogP contribution in [0.2, 0.25) is 0 Å². The van der Waals surface area contributed by atoms with E-state index < -0.39 is 0 Å². The van der Waals surface area contributed by atoms with Gasteiger partial charge in [-0.2, -0.15) is 0 Å². The fourth-order valence-electron chi connectivity index (χ4n) is 1.18. The Morgan fingerprint density at radius 1 is 1.23 bits per heavy atom. The minimum Gasteiger partial charge on any atom is -0.395 e. The minimum absolute atomic E-state index is 0.0509. The lowest BCUT2D eigenvalue weighted by molar-refractivity contribution is 0.218. The average molecular weight is 180 g/mol. The van der Waals surface area contributed by atoms with E-state index in [1.54, 1.807) is 0 Å². The lowest BCUT2D eigenvalue weighted by Crippen LogP contribution is -2.22. The molecular formula is C11H16O2. The SMILES string of the molecule is CC(C)(CO)c1cccc(CO)c1. The van der Waals surface area contributed by atoms with Gasteiger partial charge in [-0.05, 0) is 11.1 Å². The summed E-state index contributed by atoms with van der Waals surface area (Å²) in [6.07, 6.45) is 0. The average Bonchev–Trinajstić information content (AvgIpc) is 2.18. The number of aliphatic hydroxyl groups is 2. The van der Waals surface area contributed by atoms with E-state index in [0.717, 1.165) is 11.1 Å². The second kappa shape index (κ2) is 3.90. The Bertz CT molecular complexity index is 279. The van der Waals surface area contributed by atoms with Gasteiger partial charge >= 0.3 is 0 Å². The van der Waals surface area contributed by atoms with Crippen molar-refractivity contribution in [3.8, 4) is 0 Å². The first-order valence-corrected chi connectivity index (χ1v) is 4.41. The van der Waals surface area contributed by atoms with Gasteiger partial charge in [-0.1, -0.05) is 38.1 Å². The number of hydrogen-bond donors (Lipinski definition) is 2. The van der Waals surface area contributed by atoms with E-state index in [2.05, 4.69) is 0 Å². The van der Waals surface area contributed by atoms with Crippen LogP contribution < -0.4 is 0 Å². The van der Waals surface area contributed by atoms with Crippen LogP contribution in [0.3, 0.4) is 0 Å². The molecule has 13 heavy (non-hydrogen) atoms. The van der Waals surface area contributed by atoms with E-state index in [1.807, 2.05) is 38.1 Å². The van der Waals surface area contributed by atoms with Gasteiger partial charge in [0.15, 0.2) is 0 Å². The molecule has 0 heterocycles. The van der Waals surface area contributed by atoms with Crippen molar-refractivity contribution in [3.05, 3.63) is 35.4 Å². The Kier molecular flexibility index (Phi) is 3.07. The molecule has 0 atom stereocenters. The molecule has 0 aliphatic carbocycles. The normalized spacial score (nSPS) is 11.7. The molecule has 0 unspecified atom stereocenters. The Morgan fingerprint density at radius 3 is 2.46 bits per heavy atom. The highest BCUT2D eigenvalue weighted by Gasteiger charge is 2.18. The summed E-state index contributed by atoms with van der Waals surface area (Å²) in [7, 11) is 0. The molecule has 0 aromatic heterocycles. The van der Waals surface area contributed by atoms with Crippen molar-refractivity contribution in [1.29, 1.82) is 0 Å². The van der Waals surface area contributed by atoms with E-state index in [-0.39, 0.29) is 18.6 Å². The Labute approximate surface area is 78.8 Å². The second-order valence-corrected chi connectivity index (χ2v) is 3.90. The zero-order valence-electron chi connectivity index (χ0n) is 8.12. The Morgan fingerprint density at radius 2 is 1.92 bits per heavy atom. The topological polar surface area (TPSA) is 40.5 Å².